The first-order valence-electron chi connectivity index (χ1n) is 6.79. The number of rotatable bonds is 6. The quantitative estimate of drug-likeness (QED) is 0.813. The van der Waals surface area contributed by atoms with Gasteiger partial charge in [0.15, 0.2) is 0 Å². The summed E-state index contributed by atoms with van der Waals surface area (Å²) in [6, 6.07) is 17.8. The fourth-order valence-corrected chi connectivity index (χ4v) is 1.99. The highest BCUT2D eigenvalue weighted by Crippen LogP contribution is 2.23. The summed E-state index contributed by atoms with van der Waals surface area (Å²) in [6.07, 6.45) is 1.93. The van der Waals surface area contributed by atoms with Gasteiger partial charge in [0.1, 0.15) is 5.75 Å². The zero-order valence-electron chi connectivity index (χ0n) is 11.6. The molecule has 104 valence electrons. The first-order valence-corrected chi connectivity index (χ1v) is 6.79. The van der Waals surface area contributed by atoms with E-state index in [4.69, 9.17) is 4.74 Å². The molecule has 3 nitrogen and oxygen atoms in total. The molecule has 0 aliphatic carbocycles. The molecule has 0 unspecified atom stereocenters. The van der Waals surface area contributed by atoms with Crippen molar-refractivity contribution in [2.24, 2.45) is 0 Å². The highest BCUT2D eigenvalue weighted by atomic mass is 16.5. The van der Waals surface area contributed by atoms with Crippen molar-refractivity contribution < 1.29 is 9.53 Å². The van der Waals surface area contributed by atoms with Crippen molar-refractivity contribution in [2.75, 3.05) is 11.9 Å². The number of carbonyl (C=O) groups is 1. The Morgan fingerprint density at radius 2 is 1.75 bits per heavy atom. The summed E-state index contributed by atoms with van der Waals surface area (Å²) in [4.78, 5) is 11.1. The van der Waals surface area contributed by atoms with Crippen LogP contribution in [-0.2, 0) is 11.2 Å². The SMILES string of the molecule is CC(=O)Nc1ccccc1OCCCc1ccccc1. The van der Waals surface area contributed by atoms with Gasteiger partial charge < -0.3 is 10.1 Å². The molecule has 0 saturated carbocycles. The molecule has 2 aromatic rings. The van der Waals surface area contributed by atoms with Gasteiger partial charge in [-0.15, -0.1) is 0 Å². The minimum absolute atomic E-state index is 0.0923. The van der Waals surface area contributed by atoms with Gasteiger partial charge in [0.25, 0.3) is 0 Å². The number of amides is 1. The van der Waals surface area contributed by atoms with Gasteiger partial charge in [-0.1, -0.05) is 42.5 Å². The number of anilines is 1. The first-order chi connectivity index (χ1) is 9.75. The average Bonchev–Trinajstić information content (AvgIpc) is 2.46. The molecule has 1 N–H and O–H groups in total. The normalized spacial score (nSPS) is 10.1. The second kappa shape index (κ2) is 7.34. The Morgan fingerprint density at radius 3 is 2.50 bits per heavy atom. The monoisotopic (exact) mass is 269 g/mol. The Bertz CT molecular complexity index is 552. The van der Waals surface area contributed by atoms with E-state index in [9.17, 15) is 4.79 Å². The van der Waals surface area contributed by atoms with Crippen LogP contribution in [0.2, 0.25) is 0 Å². The second-order valence-corrected chi connectivity index (χ2v) is 4.61. The van der Waals surface area contributed by atoms with E-state index in [1.807, 2.05) is 42.5 Å². The lowest BCUT2D eigenvalue weighted by atomic mass is 10.1. The number of carbonyl (C=O) groups excluding carboxylic acids is 1. The third-order valence-corrected chi connectivity index (χ3v) is 2.91. The summed E-state index contributed by atoms with van der Waals surface area (Å²) < 4.78 is 5.75. The molecule has 0 saturated heterocycles. The largest absolute Gasteiger partial charge is 0.491 e. The fraction of sp³-hybridized carbons (Fsp3) is 0.235. The van der Waals surface area contributed by atoms with Gasteiger partial charge >= 0.3 is 0 Å². The zero-order valence-corrected chi connectivity index (χ0v) is 11.6. The van der Waals surface area contributed by atoms with Crippen LogP contribution in [0.15, 0.2) is 54.6 Å². The topological polar surface area (TPSA) is 38.3 Å². The predicted molar refractivity (Wildman–Crippen MR) is 81.0 cm³/mol. The lowest BCUT2D eigenvalue weighted by molar-refractivity contribution is -0.114. The summed E-state index contributed by atoms with van der Waals surface area (Å²) in [7, 11) is 0. The van der Waals surface area contributed by atoms with Crippen molar-refractivity contribution in [1.29, 1.82) is 0 Å². The fourth-order valence-electron chi connectivity index (χ4n) is 1.99. The van der Waals surface area contributed by atoms with E-state index in [1.165, 1.54) is 12.5 Å². The first kappa shape index (κ1) is 14.1. The maximum Gasteiger partial charge on any atom is 0.221 e. The molecule has 0 aliphatic rings. The maximum atomic E-state index is 11.1. The van der Waals surface area contributed by atoms with E-state index < -0.39 is 0 Å². The van der Waals surface area contributed by atoms with E-state index in [-0.39, 0.29) is 5.91 Å². The third-order valence-electron chi connectivity index (χ3n) is 2.91. The van der Waals surface area contributed by atoms with Crippen LogP contribution < -0.4 is 10.1 Å². The van der Waals surface area contributed by atoms with Crippen LogP contribution in [0.1, 0.15) is 18.9 Å². The zero-order chi connectivity index (χ0) is 14.2. The molecule has 3 heteroatoms. The molecule has 0 spiro atoms. The van der Waals surface area contributed by atoms with Gasteiger partial charge in [0, 0.05) is 6.92 Å². The van der Waals surface area contributed by atoms with Gasteiger partial charge in [-0.2, -0.15) is 0 Å². The van der Waals surface area contributed by atoms with Crippen LogP contribution in [-0.4, -0.2) is 12.5 Å². The predicted octanol–water partition coefficient (Wildman–Crippen LogP) is 3.66. The molecular weight excluding hydrogens is 250 g/mol. The number of benzene rings is 2. The molecule has 0 fully saturated rings. The van der Waals surface area contributed by atoms with Crippen molar-refractivity contribution in [3.63, 3.8) is 0 Å². The molecule has 0 aromatic heterocycles. The average molecular weight is 269 g/mol. The molecule has 2 aromatic carbocycles. The summed E-state index contributed by atoms with van der Waals surface area (Å²) in [5.41, 5.74) is 2.03. The van der Waals surface area contributed by atoms with Crippen molar-refractivity contribution >= 4 is 11.6 Å². The van der Waals surface area contributed by atoms with Crippen molar-refractivity contribution in [1.82, 2.24) is 0 Å². The van der Waals surface area contributed by atoms with E-state index in [0.717, 1.165) is 24.3 Å². The summed E-state index contributed by atoms with van der Waals surface area (Å²) in [5.74, 6) is 0.626. The smallest absolute Gasteiger partial charge is 0.221 e. The molecule has 0 atom stereocenters. The highest BCUT2D eigenvalue weighted by Gasteiger charge is 2.04. The van der Waals surface area contributed by atoms with Crippen LogP contribution in [0, 0.1) is 0 Å². The van der Waals surface area contributed by atoms with E-state index >= 15 is 0 Å². The van der Waals surface area contributed by atoms with Gasteiger partial charge in [-0.05, 0) is 30.5 Å². The van der Waals surface area contributed by atoms with E-state index in [1.54, 1.807) is 0 Å². The molecule has 1 amide bonds. The number of aryl methyl sites for hydroxylation is 1. The number of hydrogen-bond donors (Lipinski definition) is 1. The van der Waals surface area contributed by atoms with Crippen LogP contribution in [0.5, 0.6) is 5.75 Å². The molecule has 0 heterocycles. The maximum absolute atomic E-state index is 11.1. The number of ether oxygens (including phenoxy) is 1. The van der Waals surface area contributed by atoms with Crippen molar-refractivity contribution in [2.45, 2.75) is 19.8 Å². The number of hydrogen-bond acceptors (Lipinski definition) is 2. The molecular formula is C17H19NO2. The van der Waals surface area contributed by atoms with E-state index in [0.29, 0.717) is 6.61 Å². The van der Waals surface area contributed by atoms with Gasteiger partial charge in [-0.3, -0.25) is 4.79 Å². The third kappa shape index (κ3) is 4.43. The lowest BCUT2D eigenvalue weighted by Gasteiger charge is -2.11. The Labute approximate surface area is 119 Å². The summed E-state index contributed by atoms with van der Waals surface area (Å²) >= 11 is 0. The van der Waals surface area contributed by atoms with Crippen molar-refractivity contribution in [3.05, 3.63) is 60.2 Å². The van der Waals surface area contributed by atoms with Gasteiger partial charge in [0.05, 0.1) is 12.3 Å². The molecule has 0 aliphatic heterocycles. The lowest BCUT2D eigenvalue weighted by Crippen LogP contribution is -2.08. The van der Waals surface area contributed by atoms with Gasteiger partial charge in [-0.25, -0.2) is 0 Å². The molecule has 2 rings (SSSR count). The summed E-state index contributed by atoms with van der Waals surface area (Å²) in [6.45, 7) is 2.12. The summed E-state index contributed by atoms with van der Waals surface area (Å²) in [5, 5.41) is 2.77. The molecule has 0 radical (unpaired) electrons. The van der Waals surface area contributed by atoms with Crippen LogP contribution in [0.3, 0.4) is 0 Å². The van der Waals surface area contributed by atoms with Crippen molar-refractivity contribution in [3.8, 4) is 5.75 Å². The van der Waals surface area contributed by atoms with Crippen LogP contribution in [0.25, 0.3) is 0 Å². The number of nitrogens with one attached hydrogen (secondary N) is 1. The van der Waals surface area contributed by atoms with E-state index in [2.05, 4.69) is 17.4 Å². The minimum Gasteiger partial charge on any atom is -0.491 e. The standard InChI is InChI=1S/C17H19NO2/c1-14(19)18-16-11-5-6-12-17(16)20-13-7-10-15-8-3-2-4-9-15/h2-6,8-9,11-12H,7,10,13H2,1H3,(H,18,19). The second-order valence-electron chi connectivity index (χ2n) is 4.61. The Hall–Kier alpha value is -2.29. The van der Waals surface area contributed by atoms with Gasteiger partial charge in [0.2, 0.25) is 5.91 Å². The Balaban J connectivity index is 1.83. The number of para-hydroxylation sites is 2. The highest BCUT2D eigenvalue weighted by molar-refractivity contribution is 5.90. The Morgan fingerprint density at radius 1 is 1.05 bits per heavy atom. The van der Waals surface area contributed by atoms with Crippen LogP contribution in [0.4, 0.5) is 5.69 Å². The minimum atomic E-state index is -0.0923. The molecule has 20 heavy (non-hydrogen) atoms. The Kier molecular flexibility index (Phi) is 5.18. The van der Waals surface area contributed by atoms with Crippen LogP contribution >= 0.6 is 0 Å². The molecule has 0 bridgehead atoms.